The Bertz CT molecular complexity index is 1050. The van der Waals surface area contributed by atoms with Gasteiger partial charge in [-0.3, -0.25) is 14.9 Å². The number of rotatable bonds is 8. The summed E-state index contributed by atoms with van der Waals surface area (Å²) in [7, 11) is 0. The van der Waals surface area contributed by atoms with Crippen LogP contribution in [-0.2, 0) is 4.74 Å². The molecule has 0 spiro atoms. The van der Waals surface area contributed by atoms with Gasteiger partial charge in [0.25, 0.3) is 5.69 Å². The topological polar surface area (TPSA) is 107 Å². The maximum Gasteiger partial charge on any atom is 0.284 e. The van der Waals surface area contributed by atoms with E-state index < -0.39 is 4.92 Å². The molecule has 1 aliphatic rings. The summed E-state index contributed by atoms with van der Waals surface area (Å²) in [6.45, 7) is 1.45. The molecule has 1 N–H and O–H groups in total. The van der Waals surface area contributed by atoms with Crippen LogP contribution in [0.25, 0.3) is 0 Å². The van der Waals surface area contributed by atoms with Crippen molar-refractivity contribution in [3.63, 3.8) is 0 Å². The molecule has 1 atom stereocenters. The molecule has 30 heavy (non-hydrogen) atoms. The predicted molar refractivity (Wildman–Crippen MR) is 114 cm³/mol. The van der Waals surface area contributed by atoms with Gasteiger partial charge in [0.15, 0.2) is 10.1 Å². The summed E-state index contributed by atoms with van der Waals surface area (Å²) in [6.07, 6.45) is 2.27. The van der Waals surface area contributed by atoms with Crippen LogP contribution in [-0.4, -0.2) is 40.2 Å². The van der Waals surface area contributed by atoms with E-state index in [1.807, 2.05) is 6.07 Å². The summed E-state index contributed by atoms with van der Waals surface area (Å²) >= 11 is 2.48. The zero-order chi connectivity index (χ0) is 20.9. The third-order valence-electron chi connectivity index (χ3n) is 4.56. The summed E-state index contributed by atoms with van der Waals surface area (Å²) in [5.74, 6) is -0.258. The summed E-state index contributed by atoms with van der Waals surface area (Å²) in [5, 5.41) is 23.6. The summed E-state index contributed by atoms with van der Waals surface area (Å²) in [4.78, 5) is 24.1. The number of carbonyl (C=O) groups excluding carboxylic acids is 1. The lowest BCUT2D eigenvalue weighted by atomic mass is 10.0. The molecule has 1 aliphatic heterocycles. The van der Waals surface area contributed by atoms with Crippen molar-refractivity contribution in [3.05, 3.63) is 69.8 Å². The van der Waals surface area contributed by atoms with E-state index in [1.54, 1.807) is 36.4 Å². The quantitative estimate of drug-likeness (QED) is 0.310. The molecule has 154 valence electrons. The monoisotopic (exact) mass is 442 g/mol. The van der Waals surface area contributed by atoms with Crippen molar-refractivity contribution in [2.24, 2.45) is 0 Å². The van der Waals surface area contributed by atoms with E-state index in [2.05, 4.69) is 15.5 Å². The van der Waals surface area contributed by atoms with Crippen molar-refractivity contribution in [1.82, 2.24) is 10.2 Å². The second-order valence-corrected chi connectivity index (χ2v) is 8.89. The van der Waals surface area contributed by atoms with Crippen LogP contribution in [0.4, 0.5) is 10.8 Å². The zero-order valence-electron chi connectivity index (χ0n) is 15.8. The number of hydrogen-bond donors (Lipinski definition) is 1. The number of carbonyl (C=O) groups is 1. The minimum atomic E-state index is -0.484. The average Bonchev–Trinajstić information content (AvgIpc) is 3.44. The van der Waals surface area contributed by atoms with Crippen molar-refractivity contribution >= 4 is 39.7 Å². The van der Waals surface area contributed by atoms with Gasteiger partial charge in [0.05, 0.1) is 15.9 Å². The molecule has 2 aromatic carbocycles. The van der Waals surface area contributed by atoms with Gasteiger partial charge in [0, 0.05) is 30.3 Å². The lowest BCUT2D eigenvalue weighted by molar-refractivity contribution is -0.387. The van der Waals surface area contributed by atoms with Crippen molar-refractivity contribution < 1.29 is 14.5 Å². The van der Waals surface area contributed by atoms with Crippen LogP contribution in [0.5, 0.6) is 0 Å². The van der Waals surface area contributed by atoms with Crippen LogP contribution in [0.2, 0.25) is 0 Å². The number of ketones is 1. The SMILES string of the molecule is O=C(c1ccccc1)c1ccc(Sc2nnc(NCC3CCCO3)s2)c([N+](=O)[O-])c1. The minimum absolute atomic E-state index is 0.133. The Labute approximate surface area is 180 Å². The number of anilines is 1. The Balaban J connectivity index is 1.48. The van der Waals surface area contributed by atoms with E-state index in [9.17, 15) is 14.9 Å². The number of nitro groups is 1. The highest BCUT2D eigenvalue weighted by Gasteiger charge is 2.21. The maximum absolute atomic E-state index is 12.6. The Morgan fingerprint density at radius 3 is 2.80 bits per heavy atom. The fourth-order valence-corrected chi connectivity index (χ4v) is 4.87. The fourth-order valence-electron chi connectivity index (χ4n) is 3.07. The van der Waals surface area contributed by atoms with Crippen LogP contribution in [0.1, 0.15) is 28.8 Å². The lowest BCUT2D eigenvalue weighted by Crippen LogP contribution is -2.18. The molecule has 8 nitrogen and oxygen atoms in total. The van der Waals surface area contributed by atoms with Crippen LogP contribution in [0, 0.1) is 10.1 Å². The van der Waals surface area contributed by atoms with Crippen molar-refractivity contribution in [1.29, 1.82) is 0 Å². The van der Waals surface area contributed by atoms with E-state index in [0.717, 1.165) is 31.2 Å². The second kappa shape index (κ2) is 9.33. The van der Waals surface area contributed by atoms with Gasteiger partial charge in [-0.2, -0.15) is 0 Å². The van der Waals surface area contributed by atoms with Crippen molar-refractivity contribution in [3.8, 4) is 0 Å². The van der Waals surface area contributed by atoms with Crippen LogP contribution >= 0.6 is 23.1 Å². The maximum atomic E-state index is 12.6. The molecule has 3 aromatic rings. The van der Waals surface area contributed by atoms with Gasteiger partial charge in [-0.05, 0) is 36.7 Å². The number of aromatic nitrogens is 2. The predicted octanol–water partition coefficient (Wildman–Crippen LogP) is 4.42. The van der Waals surface area contributed by atoms with Gasteiger partial charge >= 0.3 is 0 Å². The molecule has 1 fully saturated rings. The summed E-state index contributed by atoms with van der Waals surface area (Å²) in [5.41, 5.74) is 0.623. The van der Waals surface area contributed by atoms with Crippen LogP contribution < -0.4 is 5.32 Å². The number of ether oxygens (including phenoxy) is 1. The third kappa shape index (κ3) is 4.84. The van der Waals surface area contributed by atoms with E-state index in [1.165, 1.54) is 17.4 Å². The fraction of sp³-hybridized carbons (Fsp3) is 0.250. The molecule has 1 aromatic heterocycles. The molecular formula is C20H18N4O4S2. The normalized spacial score (nSPS) is 15.8. The van der Waals surface area contributed by atoms with Crippen LogP contribution in [0.15, 0.2) is 57.8 Å². The number of benzene rings is 2. The molecule has 0 amide bonds. The molecular weight excluding hydrogens is 424 g/mol. The highest BCUT2D eigenvalue weighted by atomic mass is 32.2. The van der Waals surface area contributed by atoms with Gasteiger partial charge in [0.2, 0.25) is 5.13 Å². The first-order valence-corrected chi connectivity index (χ1v) is 11.0. The first kappa shape index (κ1) is 20.5. The first-order valence-electron chi connectivity index (χ1n) is 9.35. The molecule has 0 saturated carbocycles. The minimum Gasteiger partial charge on any atom is -0.376 e. The van der Waals surface area contributed by atoms with E-state index in [4.69, 9.17) is 4.74 Å². The Kier molecular flexibility index (Phi) is 6.36. The Morgan fingerprint density at radius 2 is 2.07 bits per heavy atom. The van der Waals surface area contributed by atoms with Crippen LogP contribution in [0.3, 0.4) is 0 Å². The van der Waals surface area contributed by atoms with E-state index in [-0.39, 0.29) is 23.1 Å². The highest BCUT2D eigenvalue weighted by Crippen LogP contribution is 2.38. The average molecular weight is 443 g/mol. The standard InChI is InChI=1S/C20H18N4O4S2/c25-18(13-5-2-1-3-6-13)14-8-9-17(16(11-14)24(26)27)29-20-23-22-19(30-20)21-12-15-7-4-10-28-15/h1-3,5-6,8-9,11,15H,4,7,10,12H2,(H,21,22). The third-order valence-corrected chi connectivity index (χ3v) is 6.56. The Morgan fingerprint density at radius 1 is 1.23 bits per heavy atom. The summed E-state index contributed by atoms with van der Waals surface area (Å²) in [6, 6.07) is 13.2. The Hall–Kier alpha value is -2.82. The second-order valence-electron chi connectivity index (χ2n) is 6.63. The van der Waals surface area contributed by atoms with E-state index >= 15 is 0 Å². The van der Waals surface area contributed by atoms with Gasteiger partial charge in [-0.1, -0.05) is 41.7 Å². The van der Waals surface area contributed by atoms with Gasteiger partial charge in [0.1, 0.15) is 0 Å². The van der Waals surface area contributed by atoms with Gasteiger partial charge in [-0.15, -0.1) is 10.2 Å². The molecule has 4 rings (SSSR count). The molecule has 10 heteroatoms. The van der Waals surface area contributed by atoms with Gasteiger partial charge < -0.3 is 10.1 Å². The van der Waals surface area contributed by atoms with E-state index in [0.29, 0.717) is 26.5 Å². The largest absolute Gasteiger partial charge is 0.376 e. The first-order chi connectivity index (χ1) is 14.6. The number of nitrogens with zero attached hydrogens (tertiary/aromatic N) is 3. The lowest BCUT2D eigenvalue weighted by Gasteiger charge is -2.08. The molecule has 0 bridgehead atoms. The molecule has 0 aliphatic carbocycles. The highest BCUT2D eigenvalue weighted by molar-refractivity contribution is 8.01. The number of nitro benzene ring substituents is 1. The smallest absolute Gasteiger partial charge is 0.284 e. The van der Waals surface area contributed by atoms with Crippen molar-refractivity contribution in [2.75, 3.05) is 18.5 Å². The van der Waals surface area contributed by atoms with Gasteiger partial charge in [-0.25, -0.2) is 0 Å². The summed E-state index contributed by atoms with van der Waals surface area (Å²) < 4.78 is 6.15. The number of nitrogens with one attached hydrogen (secondary N) is 1. The molecule has 0 radical (unpaired) electrons. The molecule has 2 heterocycles. The molecule has 1 saturated heterocycles. The number of hydrogen-bond acceptors (Lipinski definition) is 9. The van der Waals surface area contributed by atoms with Crippen molar-refractivity contribution in [2.45, 2.75) is 28.2 Å². The molecule has 1 unspecified atom stereocenters. The zero-order valence-corrected chi connectivity index (χ0v) is 17.4.